The number of rotatable bonds is 4. The SMILES string of the molecule is CC1CC1CN(C)S(=O)(=O)c1cccnc1N. The molecule has 0 radical (unpaired) electrons. The Kier molecular flexibility index (Phi) is 3.09. The minimum Gasteiger partial charge on any atom is -0.383 e. The van der Waals surface area contributed by atoms with Crippen molar-refractivity contribution in [3.05, 3.63) is 18.3 Å². The first-order chi connectivity index (χ1) is 7.93. The summed E-state index contributed by atoms with van der Waals surface area (Å²) in [5.74, 6) is 1.16. The highest BCUT2D eigenvalue weighted by Gasteiger charge is 2.36. The van der Waals surface area contributed by atoms with E-state index in [2.05, 4.69) is 11.9 Å². The highest BCUT2D eigenvalue weighted by molar-refractivity contribution is 7.89. The fraction of sp³-hybridized carbons (Fsp3) is 0.545. The van der Waals surface area contributed by atoms with Crippen molar-refractivity contribution in [1.29, 1.82) is 0 Å². The number of nitrogens with two attached hydrogens (primary N) is 1. The van der Waals surface area contributed by atoms with Crippen molar-refractivity contribution in [2.75, 3.05) is 19.3 Å². The zero-order valence-corrected chi connectivity index (χ0v) is 10.8. The number of aromatic nitrogens is 1. The van der Waals surface area contributed by atoms with Crippen LogP contribution in [-0.4, -0.2) is 31.3 Å². The first-order valence-corrected chi connectivity index (χ1v) is 7.03. The van der Waals surface area contributed by atoms with Crippen LogP contribution < -0.4 is 5.73 Å². The number of hydrogen-bond donors (Lipinski definition) is 1. The number of sulfonamides is 1. The van der Waals surface area contributed by atoms with Crippen LogP contribution in [0.25, 0.3) is 0 Å². The molecule has 0 aliphatic heterocycles. The number of nitrogen functional groups attached to an aromatic ring is 1. The number of nitrogens with zero attached hydrogens (tertiary/aromatic N) is 2. The first kappa shape index (κ1) is 12.3. The Morgan fingerprint density at radius 3 is 2.76 bits per heavy atom. The van der Waals surface area contributed by atoms with E-state index in [4.69, 9.17) is 5.73 Å². The third-order valence-corrected chi connectivity index (χ3v) is 5.13. The molecule has 2 N–H and O–H groups in total. The van der Waals surface area contributed by atoms with E-state index in [9.17, 15) is 8.42 Å². The fourth-order valence-electron chi connectivity index (χ4n) is 1.87. The molecule has 0 saturated heterocycles. The van der Waals surface area contributed by atoms with Crippen LogP contribution in [0.2, 0.25) is 0 Å². The summed E-state index contributed by atoms with van der Waals surface area (Å²) in [6, 6.07) is 3.07. The van der Waals surface area contributed by atoms with Crippen molar-refractivity contribution in [2.45, 2.75) is 18.2 Å². The van der Waals surface area contributed by atoms with Crippen molar-refractivity contribution in [3.63, 3.8) is 0 Å². The molecule has 1 fully saturated rings. The summed E-state index contributed by atoms with van der Waals surface area (Å²) in [7, 11) is -1.91. The molecule has 6 heteroatoms. The van der Waals surface area contributed by atoms with Gasteiger partial charge in [0.25, 0.3) is 0 Å². The largest absolute Gasteiger partial charge is 0.383 e. The van der Waals surface area contributed by atoms with Gasteiger partial charge in [-0.15, -0.1) is 0 Å². The molecule has 0 spiro atoms. The number of pyridine rings is 1. The van der Waals surface area contributed by atoms with E-state index in [1.807, 2.05) is 0 Å². The van der Waals surface area contributed by atoms with Crippen molar-refractivity contribution in [3.8, 4) is 0 Å². The predicted octanol–water partition coefficient (Wildman–Crippen LogP) is 0.940. The minimum absolute atomic E-state index is 0.0585. The molecule has 2 atom stereocenters. The molecule has 1 heterocycles. The van der Waals surface area contributed by atoms with Gasteiger partial charge in [0.15, 0.2) is 0 Å². The Hall–Kier alpha value is -1.14. The zero-order chi connectivity index (χ0) is 12.6. The maximum atomic E-state index is 12.2. The van der Waals surface area contributed by atoms with Gasteiger partial charge in [-0.1, -0.05) is 6.92 Å². The van der Waals surface area contributed by atoms with E-state index < -0.39 is 10.0 Å². The van der Waals surface area contributed by atoms with E-state index in [-0.39, 0.29) is 10.7 Å². The average molecular weight is 255 g/mol. The molecule has 0 amide bonds. The first-order valence-electron chi connectivity index (χ1n) is 5.59. The molecular weight excluding hydrogens is 238 g/mol. The second-order valence-corrected chi connectivity index (χ2v) is 6.66. The molecule has 17 heavy (non-hydrogen) atoms. The third-order valence-electron chi connectivity index (χ3n) is 3.26. The summed E-state index contributed by atoms with van der Waals surface area (Å²) in [5, 5.41) is 0. The van der Waals surface area contributed by atoms with E-state index in [1.165, 1.54) is 16.6 Å². The zero-order valence-electron chi connectivity index (χ0n) is 10.00. The smallest absolute Gasteiger partial charge is 0.246 e. The molecule has 0 bridgehead atoms. The Bertz CT molecular complexity index is 515. The van der Waals surface area contributed by atoms with Gasteiger partial charge in [0.1, 0.15) is 10.7 Å². The number of anilines is 1. The van der Waals surface area contributed by atoms with Crippen molar-refractivity contribution >= 4 is 15.8 Å². The van der Waals surface area contributed by atoms with Gasteiger partial charge in [-0.05, 0) is 30.4 Å². The Balaban J connectivity index is 2.21. The van der Waals surface area contributed by atoms with Gasteiger partial charge >= 0.3 is 0 Å². The Morgan fingerprint density at radius 1 is 1.59 bits per heavy atom. The van der Waals surface area contributed by atoms with Gasteiger partial charge < -0.3 is 5.73 Å². The minimum atomic E-state index is -3.50. The van der Waals surface area contributed by atoms with Crippen LogP contribution in [0.15, 0.2) is 23.2 Å². The Labute approximate surface area is 102 Å². The van der Waals surface area contributed by atoms with Gasteiger partial charge in [0.05, 0.1) is 0 Å². The molecule has 0 aromatic carbocycles. The maximum absolute atomic E-state index is 12.2. The second-order valence-electron chi connectivity index (χ2n) is 4.65. The molecule has 5 nitrogen and oxygen atoms in total. The third kappa shape index (κ3) is 2.42. The van der Waals surface area contributed by atoms with E-state index in [1.54, 1.807) is 13.1 Å². The average Bonchev–Trinajstić information content (AvgIpc) is 2.94. The van der Waals surface area contributed by atoms with Crippen LogP contribution in [-0.2, 0) is 10.0 Å². The monoisotopic (exact) mass is 255 g/mol. The van der Waals surface area contributed by atoms with Gasteiger partial charge in [0, 0.05) is 19.8 Å². The molecular formula is C11H17N3O2S. The van der Waals surface area contributed by atoms with Crippen LogP contribution in [0.5, 0.6) is 0 Å². The lowest BCUT2D eigenvalue weighted by atomic mass is 10.3. The van der Waals surface area contributed by atoms with Crippen LogP contribution in [0.3, 0.4) is 0 Å². The fourth-order valence-corrected chi connectivity index (χ4v) is 3.16. The predicted molar refractivity (Wildman–Crippen MR) is 65.7 cm³/mol. The summed E-state index contributed by atoms with van der Waals surface area (Å²) in [6.07, 6.45) is 2.58. The molecule has 1 saturated carbocycles. The van der Waals surface area contributed by atoms with Gasteiger partial charge in [-0.3, -0.25) is 0 Å². The van der Waals surface area contributed by atoms with Crippen LogP contribution in [0, 0.1) is 11.8 Å². The van der Waals surface area contributed by atoms with E-state index in [0.29, 0.717) is 18.4 Å². The summed E-state index contributed by atoms with van der Waals surface area (Å²) < 4.78 is 25.8. The molecule has 1 aromatic heterocycles. The van der Waals surface area contributed by atoms with Crippen LogP contribution in [0.4, 0.5) is 5.82 Å². The van der Waals surface area contributed by atoms with Crippen molar-refractivity contribution in [1.82, 2.24) is 9.29 Å². The molecule has 1 aliphatic rings. The van der Waals surface area contributed by atoms with E-state index in [0.717, 1.165) is 6.42 Å². The quantitative estimate of drug-likeness (QED) is 0.868. The molecule has 1 aromatic rings. The molecule has 94 valence electrons. The normalized spacial score (nSPS) is 23.9. The second kappa shape index (κ2) is 4.27. The lowest BCUT2D eigenvalue weighted by molar-refractivity contribution is 0.445. The lowest BCUT2D eigenvalue weighted by Gasteiger charge is -2.17. The summed E-state index contributed by atoms with van der Waals surface area (Å²) >= 11 is 0. The van der Waals surface area contributed by atoms with Gasteiger partial charge in [-0.2, -0.15) is 0 Å². The molecule has 2 rings (SSSR count). The maximum Gasteiger partial charge on any atom is 0.246 e. The Morgan fingerprint density at radius 2 is 2.24 bits per heavy atom. The highest BCUT2D eigenvalue weighted by Crippen LogP contribution is 2.38. The van der Waals surface area contributed by atoms with Crippen molar-refractivity contribution < 1.29 is 8.42 Å². The van der Waals surface area contributed by atoms with Gasteiger partial charge in [-0.25, -0.2) is 17.7 Å². The highest BCUT2D eigenvalue weighted by atomic mass is 32.2. The summed E-state index contributed by atoms with van der Waals surface area (Å²) in [6.45, 7) is 2.68. The molecule has 2 unspecified atom stereocenters. The van der Waals surface area contributed by atoms with Gasteiger partial charge in [0.2, 0.25) is 10.0 Å². The summed E-state index contributed by atoms with van der Waals surface area (Å²) in [4.78, 5) is 3.90. The topological polar surface area (TPSA) is 76.3 Å². The molecule has 1 aliphatic carbocycles. The number of hydrogen-bond acceptors (Lipinski definition) is 4. The summed E-state index contributed by atoms with van der Waals surface area (Å²) in [5.41, 5.74) is 5.60. The van der Waals surface area contributed by atoms with Crippen molar-refractivity contribution in [2.24, 2.45) is 11.8 Å². The van der Waals surface area contributed by atoms with Crippen LogP contribution >= 0.6 is 0 Å². The van der Waals surface area contributed by atoms with Crippen LogP contribution in [0.1, 0.15) is 13.3 Å². The van der Waals surface area contributed by atoms with E-state index >= 15 is 0 Å². The standard InChI is InChI=1S/C11H17N3O2S/c1-8-6-9(8)7-14(2)17(15,16)10-4-3-5-13-11(10)12/h3-5,8-9H,6-7H2,1-2H3,(H2,12,13). The lowest BCUT2D eigenvalue weighted by Crippen LogP contribution is -2.30.